The topological polar surface area (TPSA) is 77.3 Å². The molecular formula is C13H16Cl2N4. The number of aliphatic imine (C=N–C) groups is 1. The van der Waals surface area contributed by atoms with E-state index in [2.05, 4.69) is 9.98 Å². The van der Waals surface area contributed by atoms with Crippen molar-refractivity contribution in [3.05, 3.63) is 48.2 Å². The van der Waals surface area contributed by atoms with Crippen molar-refractivity contribution in [1.82, 2.24) is 4.98 Å². The van der Waals surface area contributed by atoms with Gasteiger partial charge in [0.2, 0.25) is 0 Å². The first-order chi connectivity index (χ1) is 8.16. The molecule has 0 saturated heterocycles. The van der Waals surface area contributed by atoms with E-state index in [1.807, 2.05) is 43.3 Å². The van der Waals surface area contributed by atoms with E-state index in [0.717, 1.165) is 22.5 Å². The van der Waals surface area contributed by atoms with E-state index in [4.69, 9.17) is 11.5 Å². The van der Waals surface area contributed by atoms with Crippen LogP contribution in [0.4, 0.5) is 5.69 Å². The van der Waals surface area contributed by atoms with Crippen LogP contribution in [0.2, 0.25) is 0 Å². The third-order valence-electron chi connectivity index (χ3n) is 2.39. The Morgan fingerprint density at radius 3 is 2.47 bits per heavy atom. The van der Waals surface area contributed by atoms with Gasteiger partial charge in [-0.15, -0.1) is 24.8 Å². The minimum atomic E-state index is 0. The molecule has 0 fully saturated rings. The van der Waals surface area contributed by atoms with Gasteiger partial charge in [-0.1, -0.05) is 18.2 Å². The summed E-state index contributed by atoms with van der Waals surface area (Å²) in [6, 6.07) is 11.6. The van der Waals surface area contributed by atoms with Crippen molar-refractivity contribution in [2.75, 3.05) is 0 Å². The minimum absolute atomic E-state index is 0. The molecular weight excluding hydrogens is 283 g/mol. The van der Waals surface area contributed by atoms with Crippen molar-refractivity contribution in [1.29, 1.82) is 0 Å². The number of rotatable bonds is 2. The number of guanidine groups is 1. The number of nitrogens with zero attached hydrogens (tertiary/aromatic N) is 2. The highest BCUT2D eigenvalue weighted by Gasteiger charge is 2.03. The lowest BCUT2D eigenvalue weighted by atomic mass is 10.1. The van der Waals surface area contributed by atoms with Crippen LogP contribution in [-0.4, -0.2) is 10.9 Å². The molecule has 0 atom stereocenters. The van der Waals surface area contributed by atoms with E-state index in [9.17, 15) is 0 Å². The van der Waals surface area contributed by atoms with Gasteiger partial charge < -0.3 is 11.5 Å². The molecule has 1 aromatic heterocycles. The molecule has 0 saturated carbocycles. The molecule has 0 bridgehead atoms. The Bertz CT molecular complexity index is 566. The molecule has 1 aromatic carbocycles. The van der Waals surface area contributed by atoms with Crippen LogP contribution in [0.15, 0.2) is 47.6 Å². The lowest BCUT2D eigenvalue weighted by molar-refractivity contribution is 1.27. The lowest BCUT2D eigenvalue weighted by Gasteiger charge is -2.05. The molecule has 0 aliphatic carbocycles. The van der Waals surface area contributed by atoms with Crippen molar-refractivity contribution in [2.45, 2.75) is 6.92 Å². The molecule has 19 heavy (non-hydrogen) atoms. The molecule has 2 rings (SSSR count). The van der Waals surface area contributed by atoms with Gasteiger partial charge in [-0.3, -0.25) is 4.98 Å². The third kappa shape index (κ3) is 4.43. The average molecular weight is 299 g/mol. The largest absolute Gasteiger partial charge is 0.370 e. The van der Waals surface area contributed by atoms with E-state index < -0.39 is 0 Å². The highest BCUT2D eigenvalue weighted by atomic mass is 35.5. The Balaban J connectivity index is 0.00000162. The molecule has 0 spiro atoms. The number of hydrogen-bond acceptors (Lipinski definition) is 2. The standard InChI is InChI=1S/C13H14N4.2ClH/c1-9-4-3-7-16-12(9)10-5-2-6-11(8-10)17-13(14)15;;/h2-8H,1H3,(H4,14,15,17);2*1H. The van der Waals surface area contributed by atoms with Crippen LogP contribution in [0.25, 0.3) is 11.3 Å². The van der Waals surface area contributed by atoms with Crippen LogP contribution < -0.4 is 11.5 Å². The monoisotopic (exact) mass is 298 g/mol. The zero-order chi connectivity index (χ0) is 12.3. The summed E-state index contributed by atoms with van der Waals surface area (Å²) in [5, 5.41) is 0. The molecule has 0 aliphatic heterocycles. The number of aryl methyl sites for hydroxylation is 1. The number of halogens is 2. The predicted octanol–water partition coefficient (Wildman–Crippen LogP) is 2.81. The van der Waals surface area contributed by atoms with Crippen LogP contribution >= 0.6 is 24.8 Å². The second-order valence-electron chi connectivity index (χ2n) is 3.76. The average Bonchev–Trinajstić information content (AvgIpc) is 2.29. The second kappa shape index (κ2) is 7.61. The molecule has 6 heteroatoms. The van der Waals surface area contributed by atoms with E-state index >= 15 is 0 Å². The van der Waals surface area contributed by atoms with E-state index in [1.165, 1.54) is 0 Å². The molecule has 0 unspecified atom stereocenters. The molecule has 4 N–H and O–H groups in total. The highest BCUT2D eigenvalue weighted by molar-refractivity contribution is 5.85. The van der Waals surface area contributed by atoms with Crippen molar-refractivity contribution in [2.24, 2.45) is 16.5 Å². The first-order valence-electron chi connectivity index (χ1n) is 5.28. The van der Waals surface area contributed by atoms with Crippen LogP contribution in [-0.2, 0) is 0 Å². The molecule has 0 amide bonds. The van der Waals surface area contributed by atoms with Gasteiger partial charge in [0.15, 0.2) is 5.96 Å². The van der Waals surface area contributed by atoms with E-state index in [-0.39, 0.29) is 30.8 Å². The smallest absolute Gasteiger partial charge is 0.191 e. The van der Waals surface area contributed by atoms with Crippen LogP contribution in [0.3, 0.4) is 0 Å². The molecule has 4 nitrogen and oxygen atoms in total. The van der Waals surface area contributed by atoms with Crippen molar-refractivity contribution in [3.8, 4) is 11.3 Å². The predicted molar refractivity (Wildman–Crippen MR) is 84.4 cm³/mol. The zero-order valence-electron chi connectivity index (χ0n) is 10.4. The van der Waals surface area contributed by atoms with Gasteiger partial charge in [-0.05, 0) is 30.7 Å². The maximum atomic E-state index is 5.36. The Kier molecular flexibility index (Phi) is 6.90. The minimum Gasteiger partial charge on any atom is -0.370 e. The van der Waals surface area contributed by atoms with Gasteiger partial charge in [0.1, 0.15) is 0 Å². The van der Waals surface area contributed by atoms with Gasteiger partial charge in [-0.25, -0.2) is 4.99 Å². The summed E-state index contributed by atoms with van der Waals surface area (Å²) in [5.74, 6) is 0.0555. The fourth-order valence-corrected chi connectivity index (χ4v) is 1.66. The number of nitrogens with two attached hydrogens (primary N) is 2. The summed E-state index contributed by atoms with van der Waals surface area (Å²) in [6.45, 7) is 2.02. The number of hydrogen-bond donors (Lipinski definition) is 2. The Morgan fingerprint density at radius 1 is 1.11 bits per heavy atom. The van der Waals surface area contributed by atoms with Crippen molar-refractivity contribution >= 4 is 36.5 Å². The first kappa shape index (κ1) is 17.2. The molecule has 2 aromatic rings. The number of benzene rings is 1. The normalized spacial score (nSPS) is 8.89. The molecule has 102 valence electrons. The molecule has 0 aliphatic rings. The van der Waals surface area contributed by atoms with Crippen molar-refractivity contribution in [3.63, 3.8) is 0 Å². The SMILES string of the molecule is Cc1cccnc1-c1cccc(N=C(N)N)c1.Cl.Cl. The fourth-order valence-electron chi connectivity index (χ4n) is 1.66. The van der Waals surface area contributed by atoms with E-state index in [1.54, 1.807) is 6.20 Å². The number of pyridine rings is 1. The van der Waals surface area contributed by atoms with Gasteiger partial charge in [-0.2, -0.15) is 0 Å². The van der Waals surface area contributed by atoms with Gasteiger partial charge >= 0.3 is 0 Å². The van der Waals surface area contributed by atoms with Gasteiger partial charge in [0.25, 0.3) is 0 Å². The van der Waals surface area contributed by atoms with Crippen molar-refractivity contribution < 1.29 is 0 Å². The van der Waals surface area contributed by atoms with Crippen LogP contribution in [0, 0.1) is 6.92 Å². The fraction of sp³-hybridized carbons (Fsp3) is 0.0769. The zero-order valence-corrected chi connectivity index (χ0v) is 12.0. The maximum absolute atomic E-state index is 5.36. The maximum Gasteiger partial charge on any atom is 0.191 e. The molecule has 1 heterocycles. The Hall–Kier alpha value is -1.78. The lowest BCUT2D eigenvalue weighted by Crippen LogP contribution is -2.21. The van der Waals surface area contributed by atoms with E-state index in [0.29, 0.717) is 0 Å². The Labute approximate surface area is 124 Å². The summed E-state index contributed by atoms with van der Waals surface area (Å²) in [5.41, 5.74) is 14.5. The molecule has 0 radical (unpaired) electrons. The van der Waals surface area contributed by atoms with Gasteiger partial charge in [0, 0.05) is 11.8 Å². The Morgan fingerprint density at radius 2 is 1.84 bits per heavy atom. The highest BCUT2D eigenvalue weighted by Crippen LogP contribution is 2.24. The third-order valence-corrected chi connectivity index (χ3v) is 2.39. The second-order valence-corrected chi connectivity index (χ2v) is 3.76. The number of aromatic nitrogens is 1. The summed E-state index contributed by atoms with van der Waals surface area (Å²) in [6.07, 6.45) is 1.77. The summed E-state index contributed by atoms with van der Waals surface area (Å²) >= 11 is 0. The summed E-state index contributed by atoms with van der Waals surface area (Å²) < 4.78 is 0. The van der Waals surface area contributed by atoms with Crippen LogP contribution in [0.5, 0.6) is 0 Å². The first-order valence-corrected chi connectivity index (χ1v) is 5.28. The van der Waals surface area contributed by atoms with Gasteiger partial charge in [0.05, 0.1) is 11.4 Å². The summed E-state index contributed by atoms with van der Waals surface area (Å²) in [4.78, 5) is 8.38. The quantitative estimate of drug-likeness (QED) is 0.661. The van der Waals surface area contributed by atoms with Crippen LogP contribution in [0.1, 0.15) is 5.56 Å². The summed E-state index contributed by atoms with van der Waals surface area (Å²) in [7, 11) is 0.